The molecule has 0 bridgehead atoms. The third-order valence-corrected chi connectivity index (χ3v) is 3.50. The third kappa shape index (κ3) is 3.81. The van der Waals surface area contributed by atoms with Crippen LogP contribution < -0.4 is 4.74 Å². The number of aryl methyl sites for hydroxylation is 2. The zero-order chi connectivity index (χ0) is 16.8. The van der Waals surface area contributed by atoms with Crippen LogP contribution in [0.4, 0.5) is 0 Å². The fourth-order valence-corrected chi connectivity index (χ4v) is 2.30. The average Bonchev–Trinajstić information content (AvgIpc) is 2.87. The SMILES string of the molecule is Cc1nn(C)c(Oc2ccccc2)c1C=NOCc1ccccc1. The maximum Gasteiger partial charge on any atom is 0.226 e. The Morgan fingerprint density at radius 3 is 2.42 bits per heavy atom. The van der Waals surface area contributed by atoms with Gasteiger partial charge in [-0.15, -0.1) is 0 Å². The standard InChI is InChI=1S/C19H19N3O2/c1-15-18(13-20-23-14-16-9-5-3-6-10-16)19(22(2)21-15)24-17-11-7-4-8-12-17/h3-13H,14H2,1-2H3. The van der Waals surface area contributed by atoms with Crippen molar-refractivity contribution in [3.05, 3.63) is 77.5 Å². The maximum absolute atomic E-state index is 5.93. The van der Waals surface area contributed by atoms with Crippen LogP contribution in [-0.4, -0.2) is 16.0 Å². The lowest BCUT2D eigenvalue weighted by Crippen LogP contribution is -1.97. The molecule has 1 aromatic heterocycles. The molecule has 0 spiro atoms. The van der Waals surface area contributed by atoms with Crippen LogP contribution in [0.2, 0.25) is 0 Å². The van der Waals surface area contributed by atoms with E-state index < -0.39 is 0 Å². The Balaban J connectivity index is 1.72. The Bertz CT molecular complexity index is 811. The van der Waals surface area contributed by atoms with Gasteiger partial charge in [-0.3, -0.25) is 0 Å². The molecule has 0 fully saturated rings. The molecule has 0 aliphatic rings. The molecule has 0 saturated heterocycles. The first-order valence-electron chi connectivity index (χ1n) is 7.70. The number of hydrogen-bond donors (Lipinski definition) is 0. The van der Waals surface area contributed by atoms with Crippen molar-refractivity contribution in [1.82, 2.24) is 9.78 Å². The van der Waals surface area contributed by atoms with Crippen molar-refractivity contribution >= 4 is 6.21 Å². The van der Waals surface area contributed by atoms with Gasteiger partial charge in [-0.2, -0.15) is 5.10 Å². The van der Waals surface area contributed by atoms with Crippen LogP contribution in [0.1, 0.15) is 16.8 Å². The number of hydrogen-bond acceptors (Lipinski definition) is 4. The van der Waals surface area contributed by atoms with E-state index in [0.717, 1.165) is 22.6 Å². The predicted octanol–water partition coefficient (Wildman–Crippen LogP) is 4.07. The second-order valence-electron chi connectivity index (χ2n) is 5.34. The number of nitrogens with zero attached hydrogens (tertiary/aromatic N) is 3. The Morgan fingerprint density at radius 1 is 1.04 bits per heavy atom. The number of oxime groups is 1. The highest BCUT2D eigenvalue weighted by atomic mass is 16.6. The third-order valence-electron chi connectivity index (χ3n) is 3.50. The Hall–Kier alpha value is -3.08. The zero-order valence-electron chi connectivity index (χ0n) is 13.7. The van der Waals surface area contributed by atoms with Gasteiger partial charge in [-0.25, -0.2) is 4.68 Å². The van der Waals surface area contributed by atoms with E-state index in [4.69, 9.17) is 9.57 Å². The Kier molecular flexibility index (Phi) is 4.91. The molecule has 0 saturated carbocycles. The molecule has 0 aliphatic carbocycles. The summed E-state index contributed by atoms with van der Waals surface area (Å²) in [4.78, 5) is 5.37. The second kappa shape index (κ2) is 7.46. The highest BCUT2D eigenvalue weighted by molar-refractivity contribution is 5.84. The van der Waals surface area contributed by atoms with Crippen molar-refractivity contribution in [2.45, 2.75) is 13.5 Å². The van der Waals surface area contributed by atoms with Crippen LogP contribution in [0, 0.1) is 6.92 Å². The summed E-state index contributed by atoms with van der Waals surface area (Å²) in [6.45, 7) is 2.34. The van der Waals surface area contributed by atoms with Gasteiger partial charge in [0.25, 0.3) is 0 Å². The molecule has 0 atom stereocenters. The summed E-state index contributed by atoms with van der Waals surface area (Å²) in [6, 6.07) is 19.5. The van der Waals surface area contributed by atoms with Gasteiger partial charge in [0.15, 0.2) is 0 Å². The van der Waals surface area contributed by atoms with Gasteiger partial charge in [0.05, 0.1) is 17.5 Å². The summed E-state index contributed by atoms with van der Waals surface area (Å²) < 4.78 is 7.63. The van der Waals surface area contributed by atoms with E-state index in [1.54, 1.807) is 10.9 Å². The first kappa shape index (κ1) is 15.8. The topological polar surface area (TPSA) is 48.6 Å². The zero-order valence-corrected chi connectivity index (χ0v) is 13.7. The van der Waals surface area contributed by atoms with E-state index in [2.05, 4.69) is 10.3 Å². The van der Waals surface area contributed by atoms with Crippen LogP contribution >= 0.6 is 0 Å². The van der Waals surface area contributed by atoms with Crippen LogP contribution in [0.15, 0.2) is 65.8 Å². The lowest BCUT2D eigenvalue weighted by Gasteiger charge is -2.06. The Labute approximate surface area is 141 Å². The van der Waals surface area contributed by atoms with E-state index >= 15 is 0 Å². The maximum atomic E-state index is 5.93. The normalized spacial score (nSPS) is 10.9. The summed E-state index contributed by atoms with van der Waals surface area (Å²) >= 11 is 0. The molecule has 5 heteroatoms. The number of ether oxygens (including phenoxy) is 1. The number of benzene rings is 2. The highest BCUT2D eigenvalue weighted by Crippen LogP contribution is 2.25. The van der Waals surface area contributed by atoms with E-state index in [1.165, 1.54) is 0 Å². The summed E-state index contributed by atoms with van der Waals surface area (Å²) in [5, 5.41) is 8.44. The molecule has 5 nitrogen and oxygen atoms in total. The van der Waals surface area contributed by atoms with Gasteiger partial charge in [0.2, 0.25) is 5.88 Å². The minimum Gasteiger partial charge on any atom is -0.439 e. The fraction of sp³-hybridized carbons (Fsp3) is 0.158. The lowest BCUT2D eigenvalue weighted by atomic mass is 10.2. The van der Waals surface area contributed by atoms with Crippen molar-refractivity contribution in [2.75, 3.05) is 0 Å². The smallest absolute Gasteiger partial charge is 0.226 e. The molecule has 0 amide bonds. The van der Waals surface area contributed by atoms with Gasteiger partial charge >= 0.3 is 0 Å². The van der Waals surface area contributed by atoms with E-state index in [-0.39, 0.29) is 0 Å². The van der Waals surface area contributed by atoms with Crippen molar-refractivity contribution < 1.29 is 9.57 Å². The summed E-state index contributed by atoms with van der Waals surface area (Å²) in [5.74, 6) is 1.38. The van der Waals surface area contributed by atoms with Gasteiger partial charge in [-0.05, 0) is 24.6 Å². The van der Waals surface area contributed by atoms with Crippen LogP contribution in [0.3, 0.4) is 0 Å². The molecule has 2 aromatic carbocycles. The molecule has 0 radical (unpaired) electrons. The molecule has 24 heavy (non-hydrogen) atoms. The Morgan fingerprint density at radius 2 is 1.71 bits per heavy atom. The van der Waals surface area contributed by atoms with Crippen molar-refractivity contribution in [2.24, 2.45) is 12.2 Å². The predicted molar refractivity (Wildman–Crippen MR) is 93.3 cm³/mol. The van der Waals surface area contributed by atoms with Gasteiger partial charge in [0, 0.05) is 7.05 Å². The lowest BCUT2D eigenvalue weighted by molar-refractivity contribution is 0.132. The van der Waals surface area contributed by atoms with E-state index in [1.807, 2.05) is 74.6 Å². The van der Waals surface area contributed by atoms with Gasteiger partial charge < -0.3 is 9.57 Å². The largest absolute Gasteiger partial charge is 0.439 e. The average molecular weight is 321 g/mol. The first-order valence-corrected chi connectivity index (χ1v) is 7.70. The quantitative estimate of drug-likeness (QED) is 0.508. The molecular weight excluding hydrogens is 302 g/mol. The molecule has 1 heterocycles. The molecule has 3 rings (SSSR count). The molecular formula is C19H19N3O2. The van der Waals surface area contributed by atoms with E-state index in [9.17, 15) is 0 Å². The second-order valence-corrected chi connectivity index (χ2v) is 5.34. The monoisotopic (exact) mass is 321 g/mol. The molecule has 0 N–H and O–H groups in total. The van der Waals surface area contributed by atoms with Gasteiger partial charge in [0.1, 0.15) is 12.4 Å². The first-order chi connectivity index (χ1) is 11.7. The molecule has 122 valence electrons. The summed E-state index contributed by atoms with van der Waals surface area (Å²) in [5.41, 5.74) is 2.70. The van der Waals surface area contributed by atoms with Crippen LogP contribution in [0.5, 0.6) is 11.6 Å². The molecule has 0 unspecified atom stereocenters. The summed E-state index contributed by atoms with van der Waals surface area (Å²) in [7, 11) is 1.84. The fourth-order valence-electron chi connectivity index (χ4n) is 2.30. The van der Waals surface area contributed by atoms with Crippen LogP contribution in [-0.2, 0) is 18.5 Å². The number of para-hydroxylation sites is 1. The van der Waals surface area contributed by atoms with Crippen molar-refractivity contribution in [3.63, 3.8) is 0 Å². The summed E-state index contributed by atoms with van der Waals surface area (Å²) in [6.07, 6.45) is 1.64. The van der Waals surface area contributed by atoms with Crippen molar-refractivity contribution in [3.8, 4) is 11.6 Å². The number of rotatable bonds is 6. The molecule has 0 aliphatic heterocycles. The van der Waals surface area contributed by atoms with Crippen molar-refractivity contribution in [1.29, 1.82) is 0 Å². The minimum atomic E-state index is 0.422. The minimum absolute atomic E-state index is 0.422. The van der Waals surface area contributed by atoms with Gasteiger partial charge in [-0.1, -0.05) is 53.7 Å². The van der Waals surface area contributed by atoms with Crippen LogP contribution in [0.25, 0.3) is 0 Å². The molecule has 3 aromatic rings. The van der Waals surface area contributed by atoms with E-state index in [0.29, 0.717) is 12.5 Å². The highest BCUT2D eigenvalue weighted by Gasteiger charge is 2.14. The number of aromatic nitrogens is 2.